The van der Waals surface area contributed by atoms with Crippen LogP contribution in [0.2, 0.25) is 0 Å². The van der Waals surface area contributed by atoms with Gasteiger partial charge in [-0.1, -0.05) is 0 Å². The van der Waals surface area contributed by atoms with Crippen molar-refractivity contribution in [2.45, 2.75) is 63.0 Å². The number of rotatable bonds is 5. The summed E-state index contributed by atoms with van der Waals surface area (Å²) in [5.41, 5.74) is 4.49. The van der Waals surface area contributed by atoms with E-state index in [4.69, 9.17) is 14.9 Å². The smallest absolute Gasteiger partial charge is 0.157 e. The predicted octanol–water partition coefficient (Wildman–Crippen LogP) is 4.82. The Bertz CT molecular complexity index is 1080. The molecule has 0 bridgehead atoms. The molecule has 1 aliphatic carbocycles. The first-order valence-electron chi connectivity index (χ1n) is 10.7. The van der Waals surface area contributed by atoms with Gasteiger partial charge in [-0.05, 0) is 81.7 Å². The summed E-state index contributed by atoms with van der Waals surface area (Å²) in [4.78, 5) is 5.08. The van der Waals surface area contributed by atoms with E-state index in [1.165, 1.54) is 12.1 Å². The molecule has 2 aliphatic rings. The van der Waals surface area contributed by atoms with Crippen LogP contribution in [0, 0.1) is 17.1 Å². The molecule has 31 heavy (non-hydrogen) atoms. The van der Waals surface area contributed by atoms with Crippen molar-refractivity contribution in [1.29, 1.82) is 5.26 Å². The Morgan fingerprint density at radius 2 is 1.97 bits per heavy atom. The van der Waals surface area contributed by atoms with Gasteiger partial charge in [0.15, 0.2) is 4.75 Å². The number of halogens is 1. The largest absolute Gasteiger partial charge is 0.598 e. The highest BCUT2D eigenvalue weighted by molar-refractivity contribution is 7.90. The summed E-state index contributed by atoms with van der Waals surface area (Å²) in [7, 11) is 0. The van der Waals surface area contributed by atoms with Crippen LogP contribution in [0.25, 0.3) is 16.5 Å². The van der Waals surface area contributed by atoms with E-state index in [0.717, 1.165) is 42.5 Å². The van der Waals surface area contributed by atoms with Crippen molar-refractivity contribution in [3.05, 3.63) is 46.4 Å². The molecule has 1 saturated heterocycles. The fourth-order valence-corrected chi connectivity index (χ4v) is 4.80. The highest BCUT2D eigenvalue weighted by atomic mass is 32.2. The Labute approximate surface area is 185 Å². The topological polar surface area (TPSA) is 95.0 Å². The van der Waals surface area contributed by atoms with Crippen LogP contribution in [-0.4, -0.2) is 27.5 Å². The Morgan fingerprint density at radius 3 is 2.55 bits per heavy atom. The number of nitrogens with two attached hydrogens (primary N) is 1. The van der Waals surface area contributed by atoms with E-state index < -0.39 is 21.9 Å². The minimum absolute atomic E-state index is 0.232. The second kappa shape index (κ2) is 8.51. The third-order valence-corrected chi connectivity index (χ3v) is 7.49. The molecule has 1 aromatic carbocycles. The number of allylic oxidation sites excluding steroid dienone is 1. The molecule has 1 aliphatic heterocycles. The SMILES string of the molecule is CC(=CC(C)(C)[S+](N)[O-])c1cc(F)cc2c(C#N)c(C3CC3)c(C3CCOCC3)nc12. The van der Waals surface area contributed by atoms with Crippen LogP contribution >= 0.6 is 0 Å². The number of aromatic nitrogens is 1. The highest BCUT2D eigenvalue weighted by Gasteiger charge is 2.35. The van der Waals surface area contributed by atoms with Crippen molar-refractivity contribution in [2.24, 2.45) is 5.14 Å². The number of nitriles is 1. The summed E-state index contributed by atoms with van der Waals surface area (Å²) >= 11 is -1.58. The van der Waals surface area contributed by atoms with Gasteiger partial charge in [0.25, 0.3) is 0 Å². The quantitative estimate of drug-likeness (QED) is 0.671. The zero-order chi connectivity index (χ0) is 22.3. The normalized spacial score (nSPS) is 19.5. The van der Waals surface area contributed by atoms with Crippen molar-refractivity contribution >= 4 is 27.8 Å². The first kappa shape index (κ1) is 22.2. The zero-order valence-electron chi connectivity index (χ0n) is 18.2. The van der Waals surface area contributed by atoms with E-state index in [2.05, 4.69) is 6.07 Å². The third-order valence-electron chi connectivity index (χ3n) is 6.33. The average Bonchev–Trinajstić information content (AvgIpc) is 3.57. The molecule has 1 aromatic heterocycles. The van der Waals surface area contributed by atoms with Crippen LogP contribution in [-0.2, 0) is 16.1 Å². The number of benzene rings is 1. The summed E-state index contributed by atoms with van der Waals surface area (Å²) in [6, 6.07) is 5.24. The Kier molecular flexibility index (Phi) is 6.10. The molecule has 1 atom stereocenters. The monoisotopic (exact) mass is 441 g/mol. The Hall–Kier alpha value is -1.98. The van der Waals surface area contributed by atoms with Crippen molar-refractivity contribution in [1.82, 2.24) is 4.98 Å². The lowest BCUT2D eigenvalue weighted by atomic mass is 9.86. The molecule has 164 valence electrons. The molecule has 2 heterocycles. The summed E-state index contributed by atoms with van der Waals surface area (Å²) in [5.74, 6) is 0.142. The van der Waals surface area contributed by atoms with Crippen LogP contribution in [0.3, 0.4) is 0 Å². The van der Waals surface area contributed by atoms with Crippen molar-refractivity contribution in [2.75, 3.05) is 13.2 Å². The van der Waals surface area contributed by atoms with Crippen molar-refractivity contribution < 1.29 is 13.7 Å². The minimum atomic E-state index is -1.58. The molecule has 0 spiro atoms. The molecule has 0 amide bonds. The molecular formula is C24H28FN3O2S. The molecule has 2 N–H and O–H groups in total. The first-order chi connectivity index (χ1) is 14.7. The van der Waals surface area contributed by atoms with Gasteiger partial charge in [-0.25, -0.2) is 4.39 Å². The number of nitrogens with zero attached hydrogens (tertiary/aromatic N) is 2. The van der Waals surface area contributed by atoms with Gasteiger partial charge < -0.3 is 9.29 Å². The van der Waals surface area contributed by atoms with Gasteiger partial charge in [0, 0.05) is 47.1 Å². The fraction of sp³-hybridized carbons (Fsp3) is 0.500. The predicted molar refractivity (Wildman–Crippen MR) is 121 cm³/mol. The molecule has 7 heteroatoms. The van der Waals surface area contributed by atoms with Crippen LogP contribution in [0.4, 0.5) is 4.39 Å². The number of fused-ring (bicyclic) bond motifs is 1. The number of hydrogen-bond donors (Lipinski definition) is 1. The standard InChI is InChI=1S/C24H28FN3O2S/c1-14(12-24(2,3)31(27)29)18-10-17(25)11-19-20(13-26)21(15-4-5-15)22(28-23(18)19)16-6-8-30-9-7-16/h10-12,15-16H,4-9,27H2,1-3H3. The van der Waals surface area contributed by atoms with Gasteiger partial charge in [-0.3, -0.25) is 4.98 Å². The zero-order valence-corrected chi connectivity index (χ0v) is 19.0. The van der Waals surface area contributed by atoms with E-state index >= 15 is 0 Å². The van der Waals surface area contributed by atoms with E-state index in [1.807, 2.05) is 6.92 Å². The molecule has 5 nitrogen and oxygen atoms in total. The lowest BCUT2D eigenvalue weighted by molar-refractivity contribution is 0.0844. The van der Waals surface area contributed by atoms with Gasteiger partial charge in [-0.15, -0.1) is 0 Å². The number of pyridine rings is 1. The van der Waals surface area contributed by atoms with Crippen molar-refractivity contribution in [3.63, 3.8) is 0 Å². The molecule has 1 saturated carbocycles. The van der Waals surface area contributed by atoms with Crippen molar-refractivity contribution in [3.8, 4) is 6.07 Å². The maximum Gasteiger partial charge on any atom is 0.157 e. The summed E-state index contributed by atoms with van der Waals surface area (Å²) < 4.78 is 31.4. The summed E-state index contributed by atoms with van der Waals surface area (Å²) in [5, 5.41) is 16.3. The van der Waals surface area contributed by atoms with Crippen LogP contribution in [0.15, 0.2) is 18.2 Å². The van der Waals surface area contributed by atoms with Gasteiger partial charge in [0.05, 0.1) is 11.1 Å². The molecular weight excluding hydrogens is 413 g/mol. The van der Waals surface area contributed by atoms with Crippen LogP contribution < -0.4 is 5.14 Å². The average molecular weight is 442 g/mol. The highest BCUT2D eigenvalue weighted by Crippen LogP contribution is 2.47. The molecule has 4 rings (SSSR count). The summed E-state index contributed by atoms with van der Waals surface area (Å²) in [6.45, 7) is 6.77. The van der Waals surface area contributed by atoms with E-state index in [9.17, 15) is 14.2 Å². The second-order valence-electron chi connectivity index (χ2n) is 9.14. The Morgan fingerprint density at radius 1 is 1.29 bits per heavy atom. The number of ether oxygens (including phenoxy) is 1. The first-order valence-corrected chi connectivity index (χ1v) is 11.9. The summed E-state index contributed by atoms with van der Waals surface area (Å²) in [6.07, 6.45) is 5.61. The third kappa shape index (κ3) is 4.35. The minimum Gasteiger partial charge on any atom is -0.598 e. The molecule has 0 radical (unpaired) electrons. The van der Waals surface area contributed by atoms with Gasteiger partial charge >= 0.3 is 0 Å². The van der Waals surface area contributed by atoms with Crippen LogP contribution in [0.5, 0.6) is 0 Å². The van der Waals surface area contributed by atoms with Gasteiger partial charge in [0.1, 0.15) is 11.9 Å². The Balaban J connectivity index is 1.99. The lowest BCUT2D eigenvalue weighted by Gasteiger charge is -2.26. The molecule has 2 aromatic rings. The van der Waals surface area contributed by atoms with E-state index in [0.29, 0.717) is 41.2 Å². The van der Waals surface area contributed by atoms with Gasteiger partial charge in [-0.2, -0.15) is 10.4 Å². The number of hydrogen-bond acceptors (Lipinski definition) is 5. The lowest BCUT2D eigenvalue weighted by Crippen LogP contribution is -2.36. The van der Waals surface area contributed by atoms with Gasteiger partial charge in [0.2, 0.25) is 0 Å². The fourth-order valence-electron chi connectivity index (χ4n) is 4.51. The van der Waals surface area contributed by atoms with E-state index in [-0.39, 0.29) is 5.92 Å². The maximum absolute atomic E-state index is 14.7. The van der Waals surface area contributed by atoms with Crippen LogP contribution in [0.1, 0.15) is 80.7 Å². The second-order valence-corrected chi connectivity index (χ2v) is 10.8. The molecule has 1 unspecified atom stereocenters. The molecule has 2 fully saturated rings. The van der Waals surface area contributed by atoms with E-state index in [1.54, 1.807) is 19.9 Å². The maximum atomic E-state index is 14.7.